The summed E-state index contributed by atoms with van der Waals surface area (Å²) in [5.74, 6) is -0.0906. The van der Waals surface area contributed by atoms with Gasteiger partial charge in [-0.15, -0.1) is 0 Å². The summed E-state index contributed by atoms with van der Waals surface area (Å²) in [6.45, 7) is 5.83. The number of carboxylic acid groups (broad SMARTS) is 1. The van der Waals surface area contributed by atoms with Crippen molar-refractivity contribution in [1.82, 2.24) is 10.2 Å². The molecule has 0 radical (unpaired) electrons. The molecule has 0 aromatic carbocycles. The van der Waals surface area contributed by atoms with Crippen LogP contribution in [-0.4, -0.2) is 61.4 Å². The molecule has 0 aliphatic heterocycles. The van der Waals surface area contributed by atoms with E-state index < -0.39 is 11.5 Å². The van der Waals surface area contributed by atoms with Gasteiger partial charge in [0, 0.05) is 26.2 Å². The van der Waals surface area contributed by atoms with Crippen LogP contribution in [0.5, 0.6) is 0 Å². The number of hydrogen-bond acceptors (Lipinski definition) is 4. The van der Waals surface area contributed by atoms with E-state index in [1.54, 1.807) is 21.1 Å². The highest BCUT2D eigenvalue weighted by molar-refractivity contribution is 5.78. The van der Waals surface area contributed by atoms with Crippen LogP contribution in [-0.2, 0) is 9.53 Å². The monoisotopic (exact) mass is 258 g/mol. The van der Waals surface area contributed by atoms with Gasteiger partial charge in [-0.1, -0.05) is 0 Å². The van der Waals surface area contributed by atoms with E-state index >= 15 is 0 Å². The Morgan fingerprint density at radius 2 is 2.22 bits per heavy atom. The molecular weight excluding hydrogens is 232 g/mol. The lowest BCUT2D eigenvalue weighted by Gasteiger charge is -2.36. The molecule has 106 valence electrons. The maximum atomic E-state index is 11.3. The van der Waals surface area contributed by atoms with Crippen LogP contribution >= 0.6 is 0 Å². The molecular formula is C13H26N2O3. The molecule has 0 saturated heterocycles. The topological polar surface area (TPSA) is 61.8 Å². The van der Waals surface area contributed by atoms with E-state index in [-0.39, 0.29) is 0 Å². The quantitative estimate of drug-likeness (QED) is 0.640. The Labute approximate surface area is 109 Å². The molecule has 1 rings (SSSR count). The molecule has 1 saturated carbocycles. The molecule has 0 spiro atoms. The van der Waals surface area contributed by atoms with Gasteiger partial charge >= 0.3 is 5.97 Å². The number of likely N-dealkylation sites (N-methyl/N-ethyl adjacent to an activating group) is 1. The average molecular weight is 258 g/mol. The highest BCUT2D eigenvalue weighted by atomic mass is 16.5. The van der Waals surface area contributed by atoms with Gasteiger partial charge in [0.1, 0.15) is 5.54 Å². The van der Waals surface area contributed by atoms with Gasteiger partial charge in [-0.25, -0.2) is 0 Å². The first kappa shape index (κ1) is 15.4. The van der Waals surface area contributed by atoms with E-state index in [0.717, 1.165) is 12.5 Å². The van der Waals surface area contributed by atoms with Crippen LogP contribution in [0.15, 0.2) is 0 Å². The zero-order chi connectivity index (χ0) is 13.8. The molecule has 0 aromatic rings. The van der Waals surface area contributed by atoms with Gasteiger partial charge in [0.05, 0.1) is 6.61 Å². The average Bonchev–Trinajstić information content (AvgIpc) is 3.17. The van der Waals surface area contributed by atoms with Crippen molar-refractivity contribution >= 4 is 5.97 Å². The van der Waals surface area contributed by atoms with Crippen LogP contribution in [0, 0.1) is 5.92 Å². The van der Waals surface area contributed by atoms with Gasteiger partial charge in [-0.3, -0.25) is 9.69 Å². The largest absolute Gasteiger partial charge is 0.480 e. The second-order valence-corrected chi connectivity index (χ2v) is 5.43. The molecule has 0 bridgehead atoms. The summed E-state index contributed by atoms with van der Waals surface area (Å²) in [5.41, 5.74) is -0.906. The molecule has 1 aliphatic rings. The number of ether oxygens (including phenoxy) is 1. The Kier molecular flexibility index (Phi) is 5.56. The molecule has 2 unspecified atom stereocenters. The minimum Gasteiger partial charge on any atom is -0.480 e. The number of hydrogen-bond donors (Lipinski definition) is 2. The van der Waals surface area contributed by atoms with Gasteiger partial charge in [-0.05, 0) is 39.7 Å². The van der Waals surface area contributed by atoms with E-state index in [1.165, 1.54) is 12.8 Å². The van der Waals surface area contributed by atoms with E-state index in [2.05, 4.69) is 17.1 Å². The Bertz CT molecular complexity index is 281. The summed E-state index contributed by atoms with van der Waals surface area (Å²) in [7, 11) is 3.37. The molecule has 1 aliphatic carbocycles. The standard InChI is InChI=1S/C13H26N2O3/c1-10(11-5-6-11)15(7-8-18-4)9-13(2,14-3)12(16)17/h10-11,14H,5-9H2,1-4H3,(H,16,17). The summed E-state index contributed by atoms with van der Waals surface area (Å²) in [6.07, 6.45) is 2.52. The summed E-state index contributed by atoms with van der Waals surface area (Å²) in [4.78, 5) is 13.6. The number of carbonyl (C=O) groups is 1. The van der Waals surface area contributed by atoms with Crippen LogP contribution in [0.25, 0.3) is 0 Å². The maximum Gasteiger partial charge on any atom is 0.324 e. The van der Waals surface area contributed by atoms with E-state index in [1.807, 2.05) is 0 Å². The molecule has 5 heteroatoms. The zero-order valence-corrected chi connectivity index (χ0v) is 11.9. The smallest absolute Gasteiger partial charge is 0.324 e. The SMILES string of the molecule is CNC(C)(CN(CCOC)C(C)C1CC1)C(=O)O. The summed E-state index contributed by atoms with van der Waals surface area (Å²) in [6, 6.07) is 0.423. The molecule has 0 aromatic heterocycles. The fraction of sp³-hybridized carbons (Fsp3) is 0.923. The number of nitrogens with one attached hydrogen (secondary N) is 1. The zero-order valence-electron chi connectivity index (χ0n) is 11.9. The fourth-order valence-electron chi connectivity index (χ4n) is 2.17. The molecule has 18 heavy (non-hydrogen) atoms. The molecule has 2 N–H and O–H groups in total. The molecule has 5 nitrogen and oxygen atoms in total. The van der Waals surface area contributed by atoms with Crippen molar-refractivity contribution in [1.29, 1.82) is 0 Å². The number of carboxylic acids is 1. The van der Waals surface area contributed by atoms with Crippen molar-refractivity contribution in [3.8, 4) is 0 Å². The Morgan fingerprint density at radius 1 is 1.61 bits per heavy atom. The van der Waals surface area contributed by atoms with Crippen molar-refractivity contribution < 1.29 is 14.6 Å². The third-order valence-electron chi connectivity index (χ3n) is 4.01. The third-order valence-corrected chi connectivity index (χ3v) is 4.01. The van der Waals surface area contributed by atoms with E-state index in [4.69, 9.17) is 4.74 Å². The van der Waals surface area contributed by atoms with Gasteiger partial charge in [0.25, 0.3) is 0 Å². The van der Waals surface area contributed by atoms with Gasteiger partial charge < -0.3 is 15.2 Å². The van der Waals surface area contributed by atoms with E-state index in [0.29, 0.717) is 19.2 Å². The van der Waals surface area contributed by atoms with Crippen LogP contribution in [0.2, 0.25) is 0 Å². The Balaban J connectivity index is 2.66. The van der Waals surface area contributed by atoms with Crippen LogP contribution in [0.3, 0.4) is 0 Å². The predicted molar refractivity (Wildman–Crippen MR) is 70.7 cm³/mol. The van der Waals surface area contributed by atoms with Crippen LogP contribution in [0.4, 0.5) is 0 Å². The first-order valence-electron chi connectivity index (χ1n) is 6.60. The van der Waals surface area contributed by atoms with Gasteiger partial charge in [-0.2, -0.15) is 0 Å². The Morgan fingerprint density at radius 3 is 2.61 bits per heavy atom. The van der Waals surface area contributed by atoms with Crippen LogP contribution < -0.4 is 5.32 Å². The van der Waals surface area contributed by atoms with Crippen molar-refractivity contribution in [2.24, 2.45) is 5.92 Å². The maximum absolute atomic E-state index is 11.3. The number of nitrogens with zero attached hydrogens (tertiary/aromatic N) is 1. The van der Waals surface area contributed by atoms with Gasteiger partial charge in [0.15, 0.2) is 0 Å². The number of aliphatic carboxylic acids is 1. The molecule has 1 fully saturated rings. The molecule has 2 atom stereocenters. The van der Waals surface area contributed by atoms with Crippen molar-refractivity contribution in [3.63, 3.8) is 0 Å². The minimum absolute atomic E-state index is 0.423. The summed E-state index contributed by atoms with van der Waals surface area (Å²) in [5, 5.41) is 12.2. The summed E-state index contributed by atoms with van der Waals surface area (Å²) >= 11 is 0. The minimum atomic E-state index is -0.906. The third kappa shape index (κ3) is 3.93. The Hall–Kier alpha value is -0.650. The number of methoxy groups -OCH3 is 1. The lowest BCUT2D eigenvalue weighted by molar-refractivity contribution is -0.145. The summed E-state index contributed by atoms with van der Waals surface area (Å²) < 4.78 is 5.12. The normalized spacial score (nSPS) is 20.7. The van der Waals surface area contributed by atoms with Gasteiger partial charge in [0.2, 0.25) is 0 Å². The van der Waals surface area contributed by atoms with Crippen molar-refractivity contribution in [2.45, 2.75) is 38.3 Å². The number of rotatable bonds is 9. The first-order chi connectivity index (χ1) is 8.44. The molecule has 0 amide bonds. The highest BCUT2D eigenvalue weighted by Gasteiger charge is 2.38. The van der Waals surface area contributed by atoms with Crippen molar-refractivity contribution in [2.75, 3.05) is 33.9 Å². The second kappa shape index (κ2) is 6.50. The van der Waals surface area contributed by atoms with E-state index in [9.17, 15) is 9.90 Å². The highest BCUT2D eigenvalue weighted by Crippen LogP contribution is 2.35. The lowest BCUT2D eigenvalue weighted by Crippen LogP contribution is -2.57. The molecule has 0 heterocycles. The lowest BCUT2D eigenvalue weighted by atomic mass is 10.0. The fourth-order valence-corrected chi connectivity index (χ4v) is 2.17. The second-order valence-electron chi connectivity index (χ2n) is 5.43. The predicted octanol–water partition coefficient (Wildman–Crippen LogP) is 0.796. The van der Waals surface area contributed by atoms with Crippen LogP contribution in [0.1, 0.15) is 26.7 Å². The first-order valence-corrected chi connectivity index (χ1v) is 6.60. The van der Waals surface area contributed by atoms with Crippen molar-refractivity contribution in [3.05, 3.63) is 0 Å².